The van der Waals surface area contributed by atoms with Gasteiger partial charge in [-0.05, 0) is 18.6 Å². The van der Waals surface area contributed by atoms with Crippen LogP contribution in [0, 0.1) is 6.92 Å². The van der Waals surface area contributed by atoms with E-state index in [0.29, 0.717) is 19.6 Å². The molecule has 1 aliphatic rings. The summed E-state index contributed by atoms with van der Waals surface area (Å²) >= 11 is 0. The first kappa shape index (κ1) is 19.1. The number of nitrogens with one attached hydrogen (secondary N) is 2. The number of rotatable bonds is 4. The number of carbonyl (C=O) groups is 1. The van der Waals surface area contributed by atoms with Crippen LogP contribution in [0.2, 0.25) is 0 Å². The molecule has 7 heteroatoms. The number of hydrogen-bond donors (Lipinski definition) is 2. The molecule has 1 fully saturated rings. The molecule has 1 aliphatic heterocycles. The maximum Gasteiger partial charge on any atom is 0.221 e. The van der Waals surface area contributed by atoms with Gasteiger partial charge in [-0.2, -0.15) is 0 Å². The van der Waals surface area contributed by atoms with Crippen LogP contribution in [0.3, 0.4) is 0 Å². The number of morpholine rings is 1. The minimum absolute atomic E-state index is 0. The normalized spacial score (nSPS) is 17.6. The van der Waals surface area contributed by atoms with Gasteiger partial charge in [-0.3, -0.25) is 9.78 Å². The average Bonchev–Trinajstić information content (AvgIpc) is 2.39. The van der Waals surface area contributed by atoms with E-state index in [-0.39, 0.29) is 36.8 Å². The van der Waals surface area contributed by atoms with Crippen molar-refractivity contribution in [2.24, 2.45) is 0 Å². The molecule has 1 amide bonds. The highest BCUT2D eigenvalue weighted by Crippen LogP contribution is 2.01. The van der Waals surface area contributed by atoms with Crippen molar-refractivity contribution in [3.63, 3.8) is 0 Å². The minimum atomic E-state index is 0. The second kappa shape index (κ2) is 9.94. The SMILES string of the molecule is Cc1ccc(CNC(=O)CC2COCCN2)cn1.Cl.Cl. The third-order valence-corrected chi connectivity index (χ3v) is 2.89. The van der Waals surface area contributed by atoms with Crippen LogP contribution in [0.25, 0.3) is 0 Å². The highest BCUT2D eigenvalue weighted by molar-refractivity contribution is 5.85. The zero-order chi connectivity index (χ0) is 12.8. The third-order valence-electron chi connectivity index (χ3n) is 2.89. The summed E-state index contributed by atoms with van der Waals surface area (Å²) in [5.74, 6) is 0.0403. The quantitative estimate of drug-likeness (QED) is 0.875. The van der Waals surface area contributed by atoms with Crippen LogP contribution in [-0.2, 0) is 16.1 Å². The van der Waals surface area contributed by atoms with Gasteiger partial charge in [0.15, 0.2) is 0 Å². The first-order valence-electron chi connectivity index (χ1n) is 6.23. The van der Waals surface area contributed by atoms with Crippen LogP contribution in [-0.4, -0.2) is 36.7 Å². The summed E-state index contributed by atoms with van der Waals surface area (Å²) in [6.45, 7) is 4.63. The summed E-state index contributed by atoms with van der Waals surface area (Å²) in [5.41, 5.74) is 2.00. The molecular formula is C13H21Cl2N3O2. The average molecular weight is 322 g/mol. The molecule has 0 saturated carbocycles. The number of amides is 1. The van der Waals surface area contributed by atoms with E-state index < -0.39 is 0 Å². The molecule has 1 aromatic rings. The number of ether oxygens (including phenoxy) is 1. The fourth-order valence-electron chi connectivity index (χ4n) is 1.85. The Hall–Kier alpha value is -0.880. The number of aryl methyl sites for hydroxylation is 1. The monoisotopic (exact) mass is 321 g/mol. The summed E-state index contributed by atoms with van der Waals surface area (Å²) in [7, 11) is 0. The maximum absolute atomic E-state index is 11.7. The Balaban J connectivity index is 0.00000180. The van der Waals surface area contributed by atoms with Gasteiger partial charge in [0.2, 0.25) is 5.91 Å². The Morgan fingerprint density at radius 3 is 2.90 bits per heavy atom. The van der Waals surface area contributed by atoms with Gasteiger partial charge in [-0.15, -0.1) is 24.8 Å². The van der Waals surface area contributed by atoms with E-state index in [1.165, 1.54) is 0 Å². The lowest BCUT2D eigenvalue weighted by molar-refractivity contribution is -0.122. The molecule has 0 bridgehead atoms. The molecule has 2 heterocycles. The van der Waals surface area contributed by atoms with Crippen molar-refractivity contribution in [2.45, 2.75) is 25.9 Å². The van der Waals surface area contributed by atoms with Crippen LogP contribution >= 0.6 is 24.8 Å². The summed E-state index contributed by atoms with van der Waals surface area (Å²) in [6, 6.07) is 4.05. The number of carbonyl (C=O) groups excluding carboxylic acids is 1. The van der Waals surface area contributed by atoms with Crippen molar-refractivity contribution in [1.29, 1.82) is 0 Å². The lowest BCUT2D eigenvalue weighted by Crippen LogP contribution is -2.44. The van der Waals surface area contributed by atoms with Crippen LogP contribution in [0.4, 0.5) is 0 Å². The molecule has 1 aromatic heterocycles. The number of pyridine rings is 1. The fourth-order valence-corrected chi connectivity index (χ4v) is 1.85. The number of hydrogen-bond acceptors (Lipinski definition) is 4. The van der Waals surface area contributed by atoms with Crippen LogP contribution < -0.4 is 10.6 Å². The summed E-state index contributed by atoms with van der Waals surface area (Å²) in [6.07, 6.45) is 2.25. The molecule has 1 unspecified atom stereocenters. The summed E-state index contributed by atoms with van der Waals surface area (Å²) < 4.78 is 5.31. The zero-order valence-electron chi connectivity index (χ0n) is 11.4. The van der Waals surface area contributed by atoms with Crippen molar-refractivity contribution < 1.29 is 9.53 Å². The third kappa shape index (κ3) is 6.52. The molecule has 5 nitrogen and oxygen atoms in total. The van der Waals surface area contributed by atoms with E-state index in [4.69, 9.17) is 4.74 Å². The summed E-state index contributed by atoms with van der Waals surface area (Å²) in [5, 5.41) is 6.15. The standard InChI is InChI=1S/C13H19N3O2.2ClH/c1-10-2-3-11(7-15-10)8-16-13(17)6-12-9-18-5-4-14-12;;/h2-3,7,12,14H,4-6,8-9H2,1H3,(H,16,17);2*1H. The largest absolute Gasteiger partial charge is 0.378 e. The Morgan fingerprint density at radius 1 is 1.50 bits per heavy atom. The van der Waals surface area contributed by atoms with Crippen molar-refractivity contribution in [1.82, 2.24) is 15.6 Å². The highest BCUT2D eigenvalue weighted by Gasteiger charge is 2.16. The lowest BCUT2D eigenvalue weighted by atomic mass is 10.2. The molecule has 0 spiro atoms. The van der Waals surface area contributed by atoms with E-state index in [9.17, 15) is 4.79 Å². The van der Waals surface area contributed by atoms with Gasteiger partial charge in [-0.25, -0.2) is 0 Å². The number of nitrogens with zero attached hydrogens (tertiary/aromatic N) is 1. The molecule has 20 heavy (non-hydrogen) atoms. The van der Waals surface area contributed by atoms with E-state index in [2.05, 4.69) is 15.6 Å². The second-order valence-corrected chi connectivity index (χ2v) is 4.51. The van der Waals surface area contributed by atoms with Gasteiger partial charge < -0.3 is 15.4 Å². The van der Waals surface area contributed by atoms with Gasteiger partial charge in [0, 0.05) is 37.4 Å². The molecule has 0 radical (unpaired) electrons. The summed E-state index contributed by atoms with van der Waals surface area (Å²) in [4.78, 5) is 15.9. The van der Waals surface area contributed by atoms with Gasteiger partial charge >= 0.3 is 0 Å². The molecule has 2 rings (SSSR count). The van der Waals surface area contributed by atoms with E-state index in [1.54, 1.807) is 6.20 Å². The van der Waals surface area contributed by atoms with E-state index in [0.717, 1.165) is 24.4 Å². The fraction of sp³-hybridized carbons (Fsp3) is 0.538. The van der Waals surface area contributed by atoms with Crippen molar-refractivity contribution in [2.75, 3.05) is 19.8 Å². The van der Waals surface area contributed by atoms with Gasteiger partial charge in [-0.1, -0.05) is 6.07 Å². The number of halogens is 2. The predicted molar refractivity (Wildman–Crippen MR) is 82.5 cm³/mol. The van der Waals surface area contributed by atoms with Crippen LogP contribution in [0.1, 0.15) is 17.7 Å². The van der Waals surface area contributed by atoms with Gasteiger partial charge in [0.05, 0.1) is 13.2 Å². The van der Waals surface area contributed by atoms with Crippen molar-refractivity contribution in [3.8, 4) is 0 Å². The Bertz CT molecular complexity index is 395. The van der Waals surface area contributed by atoms with Crippen molar-refractivity contribution in [3.05, 3.63) is 29.6 Å². The molecule has 1 atom stereocenters. The van der Waals surface area contributed by atoms with E-state index >= 15 is 0 Å². The maximum atomic E-state index is 11.7. The smallest absolute Gasteiger partial charge is 0.221 e. The molecule has 114 valence electrons. The van der Waals surface area contributed by atoms with Gasteiger partial charge in [0.25, 0.3) is 0 Å². The number of aromatic nitrogens is 1. The van der Waals surface area contributed by atoms with Crippen LogP contribution in [0.15, 0.2) is 18.3 Å². The van der Waals surface area contributed by atoms with Crippen molar-refractivity contribution >= 4 is 30.7 Å². The predicted octanol–water partition coefficient (Wildman–Crippen LogP) is 1.23. The Morgan fingerprint density at radius 2 is 2.30 bits per heavy atom. The van der Waals surface area contributed by atoms with Gasteiger partial charge in [0.1, 0.15) is 0 Å². The molecule has 1 saturated heterocycles. The first-order chi connectivity index (χ1) is 8.74. The second-order valence-electron chi connectivity index (χ2n) is 4.51. The highest BCUT2D eigenvalue weighted by atomic mass is 35.5. The Kier molecular flexibility index (Phi) is 9.50. The van der Waals surface area contributed by atoms with Crippen LogP contribution in [0.5, 0.6) is 0 Å². The molecular weight excluding hydrogens is 301 g/mol. The zero-order valence-corrected chi connectivity index (χ0v) is 13.1. The Labute approximate surface area is 131 Å². The lowest BCUT2D eigenvalue weighted by Gasteiger charge is -2.23. The minimum Gasteiger partial charge on any atom is -0.378 e. The first-order valence-corrected chi connectivity index (χ1v) is 6.23. The molecule has 2 N–H and O–H groups in total. The topological polar surface area (TPSA) is 63.2 Å². The van der Waals surface area contributed by atoms with E-state index in [1.807, 2.05) is 19.1 Å². The molecule has 0 aliphatic carbocycles. The molecule has 0 aromatic carbocycles.